The monoisotopic (exact) mass is 156 g/mol. The van der Waals surface area contributed by atoms with Crippen LogP contribution in [0.3, 0.4) is 0 Å². The second-order valence-electron chi connectivity index (χ2n) is 4.01. The molecule has 0 aliphatic heterocycles. The Kier molecular flexibility index (Phi) is 3.38. The van der Waals surface area contributed by atoms with Crippen molar-refractivity contribution in [3.8, 4) is 0 Å². The molecular weight excluding hydrogens is 136 g/mol. The maximum absolute atomic E-state index is 9.57. The number of aliphatic hydroxyl groups excluding tert-OH is 1. The molecule has 0 spiro atoms. The fourth-order valence-corrected chi connectivity index (χ4v) is 2.05. The van der Waals surface area contributed by atoms with E-state index in [-0.39, 0.29) is 6.10 Å². The largest absolute Gasteiger partial charge is 0.393 e. The molecule has 1 heteroatoms. The lowest BCUT2D eigenvalue weighted by Gasteiger charge is -2.30. The SMILES string of the molecule is CCCC1CCC(C)C(O)C1. The second-order valence-corrected chi connectivity index (χ2v) is 4.01. The molecule has 3 unspecified atom stereocenters. The molecule has 3 atom stereocenters. The molecule has 1 fully saturated rings. The van der Waals surface area contributed by atoms with Gasteiger partial charge in [0.25, 0.3) is 0 Å². The molecular formula is C10H20O. The summed E-state index contributed by atoms with van der Waals surface area (Å²) in [5.41, 5.74) is 0. The van der Waals surface area contributed by atoms with E-state index in [0.29, 0.717) is 5.92 Å². The van der Waals surface area contributed by atoms with E-state index in [2.05, 4.69) is 13.8 Å². The lowest BCUT2D eigenvalue weighted by Crippen LogP contribution is -2.27. The zero-order valence-electron chi connectivity index (χ0n) is 7.71. The number of hydrogen-bond donors (Lipinski definition) is 1. The Balaban J connectivity index is 2.28. The van der Waals surface area contributed by atoms with Crippen LogP contribution in [0.5, 0.6) is 0 Å². The van der Waals surface area contributed by atoms with E-state index in [9.17, 15) is 5.11 Å². The van der Waals surface area contributed by atoms with E-state index < -0.39 is 0 Å². The van der Waals surface area contributed by atoms with Crippen molar-refractivity contribution in [1.82, 2.24) is 0 Å². The number of hydrogen-bond acceptors (Lipinski definition) is 1. The molecule has 66 valence electrons. The first kappa shape index (κ1) is 9.05. The molecule has 0 heterocycles. The Morgan fingerprint density at radius 3 is 2.64 bits per heavy atom. The van der Waals surface area contributed by atoms with Crippen molar-refractivity contribution < 1.29 is 5.11 Å². The van der Waals surface area contributed by atoms with Crippen molar-refractivity contribution in [1.29, 1.82) is 0 Å². The summed E-state index contributed by atoms with van der Waals surface area (Å²) in [6, 6.07) is 0. The zero-order chi connectivity index (χ0) is 8.27. The quantitative estimate of drug-likeness (QED) is 0.651. The topological polar surface area (TPSA) is 20.2 Å². The summed E-state index contributed by atoms with van der Waals surface area (Å²) in [6.45, 7) is 4.39. The van der Waals surface area contributed by atoms with Crippen LogP contribution in [0.1, 0.15) is 46.0 Å². The van der Waals surface area contributed by atoms with Gasteiger partial charge >= 0.3 is 0 Å². The Hall–Kier alpha value is -0.0400. The third kappa shape index (κ3) is 2.48. The van der Waals surface area contributed by atoms with Gasteiger partial charge in [0.1, 0.15) is 0 Å². The van der Waals surface area contributed by atoms with Crippen LogP contribution >= 0.6 is 0 Å². The molecule has 11 heavy (non-hydrogen) atoms. The molecule has 0 aromatic carbocycles. The Morgan fingerprint density at radius 1 is 1.36 bits per heavy atom. The maximum Gasteiger partial charge on any atom is 0.0568 e. The summed E-state index contributed by atoms with van der Waals surface area (Å²) in [6.07, 6.45) is 6.18. The van der Waals surface area contributed by atoms with E-state index >= 15 is 0 Å². The summed E-state index contributed by atoms with van der Waals surface area (Å²) in [5, 5.41) is 9.57. The van der Waals surface area contributed by atoms with Gasteiger partial charge in [-0.1, -0.05) is 33.1 Å². The molecule has 1 aliphatic rings. The summed E-state index contributed by atoms with van der Waals surface area (Å²) >= 11 is 0. The van der Waals surface area contributed by atoms with Crippen molar-refractivity contribution >= 4 is 0 Å². The molecule has 1 nitrogen and oxygen atoms in total. The van der Waals surface area contributed by atoms with Crippen LogP contribution in [0.2, 0.25) is 0 Å². The molecule has 0 saturated heterocycles. The van der Waals surface area contributed by atoms with E-state index in [1.165, 1.54) is 25.7 Å². The second kappa shape index (κ2) is 4.10. The molecule has 1 rings (SSSR count). The lowest BCUT2D eigenvalue weighted by atomic mass is 9.79. The fraction of sp³-hybridized carbons (Fsp3) is 1.00. The van der Waals surface area contributed by atoms with Crippen molar-refractivity contribution in [2.75, 3.05) is 0 Å². The van der Waals surface area contributed by atoms with Crippen LogP contribution in [-0.4, -0.2) is 11.2 Å². The molecule has 1 aliphatic carbocycles. The molecule has 0 aromatic heterocycles. The molecule has 1 N–H and O–H groups in total. The highest BCUT2D eigenvalue weighted by atomic mass is 16.3. The van der Waals surface area contributed by atoms with Crippen molar-refractivity contribution in [3.05, 3.63) is 0 Å². The predicted octanol–water partition coefficient (Wildman–Crippen LogP) is 2.58. The average Bonchev–Trinajstić information content (AvgIpc) is 1.98. The minimum absolute atomic E-state index is 0.0136. The van der Waals surface area contributed by atoms with Gasteiger partial charge in [-0.25, -0.2) is 0 Å². The van der Waals surface area contributed by atoms with Crippen LogP contribution in [0, 0.1) is 11.8 Å². The normalized spacial score (nSPS) is 39.0. The fourth-order valence-electron chi connectivity index (χ4n) is 2.05. The summed E-state index contributed by atoms with van der Waals surface area (Å²) < 4.78 is 0. The van der Waals surface area contributed by atoms with Gasteiger partial charge in [-0.3, -0.25) is 0 Å². The third-order valence-corrected chi connectivity index (χ3v) is 2.96. The Labute approximate surface area is 69.8 Å². The van der Waals surface area contributed by atoms with E-state index in [0.717, 1.165) is 12.3 Å². The minimum atomic E-state index is -0.0136. The maximum atomic E-state index is 9.57. The van der Waals surface area contributed by atoms with Gasteiger partial charge in [-0.15, -0.1) is 0 Å². The first-order valence-corrected chi connectivity index (χ1v) is 4.92. The summed E-state index contributed by atoms with van der Waals surface area (Å²) in [4.78, 5) is 0. The van der Waals surface area contributed by atoms with Gasteiger partial charge in [-0.2, -0.15) is 0 Å². The molecule has 0 radical (unpaired) electrons. The van der Waals surface area contributed by atoms with Crippen LogP contribution < -0.4 is 0 Å². The number of aliphatic hydroxyl groups is 1. The molecule has 0 bridgehead atoms. The average molecular weight is 156 g/mol. The first-order valence-electron chi connectivity index (χ1n) is 4.92. The highest BCUT2D eigenvalue weighted by Gasteiger charge is 2.24. The predicted molar refractivity (Wildman–Crippen MR) is 47.4 cm³/mol. The minimum Gasteiger partial charge on any atom is -0.393 e. The van der Waals surface area contributed by atoms with Crippen molar-refractivity contribution in [3.63, 3.8) is 0 Å². The van der Waals surface area contributed by atoms with Crippen LogP contribution in [0.15, 0.2) is 0 Å². The standard InChI is InChI=1S/C10H20O/c1-3-4-9-6-5-8(2)10(11)7-9/h8-11H,3-7H2,1-2H3. The third-order valence-electron chi connectivity index (χ3n) is 2.96. The van der Waals surface area contributed by atoms with E-state index in [4.69, 9.17) is 0 Å². The van der Waals surface area contributed by atoms with Crippen LogP contribution in [-0.2, 0) is 0 Å². The van der Waals surface area contributed by atoms with Gasteiger partial charge in [0.15, 0.2) is 0 Å². The molecule has 1 saturated carbocycles. The molecule has 0 amide bonds. The van der Waals surface area contributed by atoms with E-state index in [1.54, 1.807) is 0 Å². The Morgan fingerprint density at radius 2 is 2.09 bits per heavy atom. The molecule has 0 aromatic rings. The number of rotatable bonds is 2. The summed E-state index contributed by atoms with van der Waals surface area (Å²) in [5.74, 6) is 1.36. The lowest BCUT2D eigenvalue weighted by molar-refractivity contribution is 0.0510. The van der Waals surface area contributed by atoms with Gasteiger partial charge in [0, 0.05) is 0 Å². The highest BCUT2D eigenvalue weighted by Crippen LogP contribution is 2.31. The Bertz CT molecular complexity index is 111. The highest BCUT2D eigenvalue weighted by molar-refractivity contribution is 4.76. The van der Waals surface area contributed by atoms with Gasteiger partial charge < -0.3 is 5.11 Å². The zero-order valence-corrected chi connectivity index (χ0v) is 7.71. The van der Waals surface area contributed by atoms with E-state index in [1.807, 2.05) is 0 Å². The van der Waals surface area contributed by atoms with Crippen molar-refractivity contribution in [2.24, 2.45) is 11.8 Å². The van der Waals surface area contributed by atoms with Gasteiger partial charge in [0.2, 0.25) is 0 Å². The van der Waals surface area contributed by atoms with Gasteiger partial charge in [-0.05, 0) is 24.7 Å². The van der Waals surface area contributed by atoms with Crippen molar-refractivity contribution in [2.45, 2.75) is 52.1 Å². The first-order chi connectivity index (χ1) is 5.24. The van der Waals surface area contributed by atoms with Crippen LogP contribution in [0.25, 0.3) is 0 Å². The van der Waals surface area contributed by atoms with Crippen LogP contribution in [0.4, 0.5) is 0 Å². The van der Waals surface area contributed by atoms with Gasteiger partial charge in [0.05, 0.1) is 6.10 Å². The summed E-state index contributed by atoms with van der Waals surface area (Å²) in [7, 11) is 0. The smallest absolute Gasteiger partial charge is 0.0568 e.